The average Bonchev–Trinajstić information content (AvgIpc) is 2.52. The fourth-order valence-corrected chi connectivity index (χ4v) is 2.04. The van der Waals surface area contributed by atoms with Crippen LogP contribution in [0.3, 0.4) is 0 Å². The maximum atomic E-state index is 13.2. The van der Waals surface area contributed by atoms with Crippen molar-refractivity contribution in [3.63, 3.8) is 0 Å². The number of ether oxygens (including phenoxy) is 1. The SMILES string of the molecule is COC(=O)c1ccc(CNC(C)c2cccc(F)c2)cc1. The lowest BCUT2D eigenvalue weighted by Gasteiger charge is -2.14. The summed E-state index contributed by atoms with van der Waals surface area (Å²) in [6.45, 7) is 2.62. The van der Waals surface area contributed by atoms with Crippen LogP contribution in [-0.2, 0) is 11.3 Å². The largest absolute Gasteiger partial charge is 0.465 e. The minimum atomic E-state index is -0.345. The van der Waals surface area contributed by atoms with E-state index < -0.39 is 0 Å². The highest BCUT2D eigenvalue weighted by Gasteiger charge is 2.07. The fraction of sp³-hybridized carbons (Fsp3) is 0.235. The Morgan fingerprint density at radius 1 is 1.24 bits per heavy atom. The molecule has 0 bridgehead atoms. The fourth-order valence-electron chi connectivity index (χ4n) is 2.04. The first-order valence-electron chi connectivity index (χ1n) is 6.76. The van der Waals surface area contributed by atoms with E-state index in [4.69, 9.17) is 0 Å². The van der Waals surface area contributed by atoms with Crippen molar-refractivity contribution in [2.24, 2.45) is 0 Å². The molecule has 4 heteroatoms. The van der Waals surface area contributed by atoms with E-state index in [-0.39, 0.29) is 17.8 Å². The molecule has 0 amide bonds. The highest BCUT2D eigenvalue weighted by molar-refractivity contribution is 5.89. The van der Waals surface area contributed by atoms with Crippen molar-refractivity contribution in [2.45, 2.75) is 19.5 Å². The van der Waals surface area contributed by atoms with Gasteiger partial charge in [-0.05, 0) is 42.3 Å². The third-order valence-corrected chi connectivity index (χ3v) is 3.34. The van der Waals surface area contributed by atoms with Crippen molar-refractivity contribution in [1.29, 1.82) is 0 Å². The van der Waals surface area contributed by atoms with Gasteiger partial charge in [0.15, 0.2) is 0 Å². The zero-order chi connectivity index (χ0) is 15.2. The van der Waals surface area contributed by atoms with E-state index in [9.17, 15) is 9.18 Å². The molecule has 0 aliphatic rings. The molecule has 0 saturated heterocycles. The molecule has 1 atom stereocenters. The zero-order valence-electron chi connectivity index (χ0n) is 12.1. The average molecular weight is 287 g/mol. The van der Waals surface area contributed by atoms with Crippen LogP contribution < -0.4 is 5.32 Å². The molecule has 0 saturated carbocycles. The number of carbonyl (C=O) groups excluding carboxylic acids is 1. The lowest BCUT2D eigenvalue weighted by atomic mass is 10.1. The van der Waals surface area contributed by atoms with Gasteiger partial charge in [0.1, 0.15) is 5.82 Å². The summed E-state index contributed by atoms with van der Waals surface area (Å²) < 4.78 is 17.8. The Bertz CT molecular complexity index is 610. The van der Waals surface area contributed by atoms with Crippen molar-refractivity contribution in [3.8, 4) is 0 Å². The highest BCUT2D eigenvalue weighted by atomic mass is 19.1. The number of hydrogen-bond acceptors (Lipinski definition) is 3. The van der Waals surface area contributed by atoms with Gasteiger partial charge in [-0.2, -0.15) is 0 Å². The summed E-state index contributed by atoms with van der Waals surface area (Å²) in [5, 5.41) is 3.32. The van der Waals surface area contributed by atoms with Gasteiger partial charge < -0.3 is 10.1 Å². The Hall–Kier alpha value is -2.20. The van der Waals surface area contributed by atoms with Gasteiger partial charge >= 0.3 is 5.97 Å². The van der Waals surface area contributed by atoms with Crippen LogP contribution in [-0.4, -0.2) is 13.1 Å². The second-order valence-electron chi connectivity index (χ2n) is 4.85. The van der Waals surface area contributed by atoms with E-state index >= 15 is 0 Å². The van der Waals surface area contributed by atoms with Crippen LogP contribution in [0.25, 0.3) is 0 Å². The Labute approximate surface area is 123 Å². The number of rotatable bonds is 5. The quantitative estimate of drug-likeness (QED) is 0.856. The molecule has 1 N–H and O–H groups in total. The van der Waals surface area contributed by atoms with Gasteiger partial charge in [0, 0.05) is 12.6 Å². The van der Waals surface area contributed by atoms with E-state index in [1.807, 2.05) is 25.1 Å². The summed E-state index contributed by atoms with van der Waals surface area (Å²) in [5.41, 5.74) is 2.48. The lowest BCUT2D eigenvalue weighted by molar-refractivity contribution is 0.0600. The van der Waals surface area contributed by atoms with E-state index in [2.05, 4.69) is 10.1 Å². The van der Waals surface area contributed by atoms with E-state index in [1.54, 1.807) is 18.2 Å². The lowest BCUT2D eigenvalue weighted by Crippen LogP contribution is -2.18. The zero-order valence-corrected chi connectivity index (χ0v) is 12.1. The van der Waals surface area contributed by atoms with Crippen molar-refractivity contribution in [2.75, 3.05) is 7.11 Å². The van der Waals surface area contributed by atoms with Crippen molar-refractivity contribution >= 4 is 5.97 Å². The molecule has 2 aromatic rings. The summed E-state index contributed by atoms with van der Waals surface area (Å²) in [6, 6.07) is 13.8. The topological polar surface area (TPSA) is 38.3 Å². The molecule has 0 heterocycles. The smallest absolute Gasteiger partial charge is 0.337 e. The summed E-state index contributed by atoms with van der Waals surface area (Å²) >= 11 is 0. The van der Waals surface area contributed by atoms with Gasteiger partial charge in [-0.1, -0.05) is 24.3 Å². The number of methoxy groups -OCH3 is 1. The van der Waals surface area contributed by atoms with E-state index in [0.29, 0.717) is 12.1 Å². The molecule has 21 heavy (non-hydrogen) atoms. The number of carbonyl (C=O) groups is 1. The molecule has 0 fully saturated rings. The normalized spacial score (nSPS) is 12.0. The number of nitrogens with one attached hydrogen (secondary N) is 1. The van der Waals surface area contributed by atoms with Gasteiger partial charge in [0.25, 0.3) is 0 Å². The summed E-state index contributed by atoms with van der Waals surface area (Å²) in [5.74, 6) is -0.578. The van der Waals surface area contributed by atoms with Gasteiger partial charge in [-0.15, -0.1) is 0 Å². The molecule has 0 spiro atoms. The maximum absolute atomic E-state index is 13.2. The molecule has 2 rings (SSSR count). The van der Waals surface area contributed by atoms with Crippen LogP contribution in [0.15, 0.2) is 48.5 Å². The predicted molar refractivity (Wildman–Crippen MR) is 79.4 cm³/mol. The highest BCUT2D eigenvalue weighted by Crippen LogP contribution is 2.14. The number of halogens is 1. The molecule has 2 aromatic carbocycles. The Kier molecular flexibility index (Phi) is 5.06. The predicted octanol–water partition coefficient (Wildman–Crippen LogP) is 3.46. The van der Waals surface area contributed by atoms with Gasteiger partial charge in [0.2, 0.25) is 0 Å². The first kappa shape index (κ1) is 15.2. The summed E-state index contributed by atoms with van der Waals surface area (Å²) in [4.78, 5) is 11.3. The molecule has 110 valence electrons. The van der Waals surface area contributed by atoms with Crippen LogP contribution in [0.1, 0.15) is 34.5 Å². The van der Waals surface area contributed by atoms with E-state index in [1.165, 1.54) is 19.2 Å². The molecular weight excluding hydrogens is 269 g/mol. The van der Waals surface area contributed by atoms with Crippen LogP contribution in [0.2, 0.25) is 0 Å². The number of benzene rings is 2. The second kappa shape index (κ2) is 6.99. The Balaban J connectivity index is 1.95. The molecule has 0 aromatic heterocycles. The molecule has 0 aliphatic heterocycles. The van der Waals surface area contributed by atoms with Crippen molar-refractivity contribution in [1.82, 2.24) is 5.32 Å². The van der Waals surface area contributed by atoms with Crippen LogP contribution in [0.4, 0.5) is 4.39 Å². The molecular formula is C17H18FNO2. The number of esters is 1. The monoisotopic (exact) mass is 287 g/mol. The molecule has 0 aliphatic carbocycles. The standard InChI is InChI=1S/C17H18FNO2/c1-12(15-4-3-5-16(18)10-15)19-11-13-6-8-14(9-7-13)17(20)21-2/h3-10,12,19H,11H2,1-2H3. The summed E-state index contributed by atoms with van der Waals surface area (Å²) in [7, 11) is 1.36. The van der Waals surface area contributed by atoms with Crippen molar-refractivity contribution in [3.05, 3.63) is 71.0 Å². The second-order valence-corrected chi connectivity index (χ2v) is 4.85. The van der Waals surface area contributed by atoms with Crippen LogP contribution in [0.5, 0.6) is 0 Å². The molecule has 1 unspecified atom stereocenters. The minimum absolute atomic E-state index is 0.0426. The minimum Gasteiger partial charge on any atom is -0.465 e. The van der Waals surface area contributed by atoms with Crippen molar-refractivity contribution < 1.29 is 13.9 Å². The van der Waals surface area contributed by atoms with Gasteiger partial charge in [0.05, 0.1) is 12.7 Å². The first-order chi connectivity index (χ1) is 10.1. The first-order valence-corrected chi connectivity index (χ1v) is 6.76. The third kappa shape index (κ3) is 4.13. The van der Waals surface area contributed by atoms with Gasteiger partial charge in [-0.25, -0.2) is 9.18 Å². The maximum Gasteiger partial charge on any atom is 0.337 e. The van der Waals surface area contributed by atoms with Gasteiger partial charge in [-0.3, -0.25) is 0 Å². The summed E-state index contributed by atoms with van der Waals surface area (Å²) in [6.07, 6.45) is 0. The molecule has 0 radical (unpaired) electrons. The number of hydrogen-bond donors (Lipinski definition) is 1. The Morgan fingerprint density at radius 3 is 2.57 bits per heavy atom. The Morgan fingerprint density at radius 2 is 1.95 bits per heavy atom. The van der Waals surface area contributed by atoms with E-state index in [0.717, 1.165) is 11.1 Å². The van der Waals surface area contributed by atoms with Crippen LogP contribution >= 0.6 is 0 Å². The van der Waals surface area contributed by atoms with Crippen LogP contribution in [0, 0.1) is 5.82 Å². The molecule has 3 nitrogen and oxygen atoms in total. The third-order valence-electron chi connectivity index (χ3n) is 3.34.